The molecule has 0 aliphatic heterocycles. The van der Waals surface area contributed by atoms with Gasteiger partial charge in [0.1, 0.15) is 0 Å². The molecular formula is C14H21NO3. The predicted molar refractivity (Wildman–Crippen MR) is 71.3 cm³/mol. The Morgan fingerprint density at radius 3 is 2.56 bits per heavy atom. The Labute approximate surface area is 108 Å². The molecule has 0 N–H and O–H groups in total. The first-order chi connectivity index (χ1) is 8.49. The molecule has 1 aromatic rings. The number of hydrogen-bond acceptors (Lipinski definition) is 3. The van der Waals surface area contributed by atoms with Gasteiger partial charge in [-0.05, 0) is 31.4 Å². The summed E-state index contributed by atoms with van der Waals surface area (Å²) in [4.78, 5) is 23.6. The van der Waals surface area contributed by atoms with Gasteiger partial charge in [0.15, 0.2) is 5.78 Å². The van der Waals surface area contributed by atoms with Crippen LogP contribution in [0.5, 0.6) is 0 Å². The zero-order chi connectivity index (χ0) is 13.7. The van der Waals surface area contributed by atoms with Crippen molar-refractivity contribution in [2.75, 3.05) is 13.7 Å². The van der Waals surface area contributed by atoms with E-state index < -0.39 is 0 Å². The molecule has 0 atom stereocenters. The summed E-state index contributed by atoms with van der Waals surface area (Å²) in [6.07, 6.45) is 0.761. The Bertz CT molecular complexity index is 474. The van der Waals surface area contributed by atoms with Crippen molar-refractivity contribution in [3.05, 3.63) is 33.7 Å². The fraction of sp³-hybridized carbons (Fsp3) is 0.571. The van der Waals surface area contributed by atoms with Crippen LogP contribution < -0.4 is 5.56 Å². The minimum atomic E-state index is -0.190. The van der Waals surface area contributed by atoms with Gasteiger partial charge in [-0.2, -0.15) is 0 Å². The topological polar surface area (TPSA) is 48.3 Å². The molecule has 4 heteroatoms. The Balaban J connectivity index is 3.19. The predicted octanol–water partition coefficient (Wildman–Crippen LogP) is 2.21. The van der Waals surface area contributed by atoms with E-state index in [1.165, 1.54) is 6.92 Å². The number of ether oxygens (including phenoxy) is 1. The summed E-state index contributed by atoms with van der Waals surface area (Å²) in [6.45, 7) is 6.69. The van der Waals surface area contributed by atoms with Crippen molar-refractivity contribution in [2.45, 2.75) is 39.7 Å². The molecular weight excluding hydrogens is 230 g/mol. The highest BCUT2D eigenvalue weighted by molar-refractivity contribution is 5.93. The fourth-order valence-electron chi connectivity index (χ4n) is 1.96. The van der Waals surface area contributed by atoms with Gasteiger partial charge in [-0.1, -0.05) is 13.8 Å². The molecule has 0 fully saturated rings. The third kappa shape index (κ3) is 3.29. The van der Waals surface area contributed by atoms with E-state index in [2.05, 4.69) is 0 Å². The second-order valence-electron chi connectivity index (χ2n) is 4.69. The maximum atomic E-state index is 12.2. The van der Waals surface area contributed by atoms with E-state index in [1.807, 2.05) is 19.9 Å². The zero-order valence-electron chi connectivity index (χ0n) is 11.5. The van der Waals surface area contributed by atoms with Crippen molar-refractivity contribution < 1.29 is 9.53 Å². The van der Waals surface area contributed by atoms with E-state index in [0.717, 1.165) is 12.1 Å². The summed E-state index contributed by atoms with van der Waals surface area (Å²) in [7, 11) is 1.64. The van der Waals surface area contributed by atoms with Crippen molar-refractivity contribution in [3.8, 4) is 0 Å². The van der Waals surface area contributed by atoms with E-state index in [0.29, 0.717) is 13.2 Å². The van der Waals surface area contributed by atoms with Crippen molar-refractivity contribution in [3.63, 3.8) is 0 Å². The summed E-state index contributed by atoms with van der Waals surface area (Å²) >= 11 is 0. The Hall–Kier alpha value is -1.42. The third-order valence-corrected chi connectivity index (χ3v) is 2.91. The van der Waals surface area contributed by atoms with Crippen LogP contribution in [0.4, 0.5) is 0 Å². The molecule has 1 aromatic heterocycles. The summed E-state index contributed by atoms with van der Waals surface area (Å²) in [6, 6.07) is 3.50. The number of rotatable bonds is 6. The molecule has 0 amide bonds. The number of nitrogens with zero attached hydrogens (tertiary/aromatic N) is 1. The van der Waals surface area contributed by atoms with E-state index in [9.17, 15) is 9.59 Å². The first kappa shape index (κ1) is 14.6. The van der Waals surface area contributed by atoms with Crippen molar-refractivity contribution in [1.82, 2.24) is 4.57 Å². The second kappa shape index (κ2) is 6.50. The van der Waals surface area contributed by atoms with Gasteiger partial charge in [0, 0.05) is 26.0 Å². The average Bonchev–Trinajstić information content (AvgIpc) is 2.30. The van der Waals surface area contributed by atoms with Gasteiger partial charge in [-0.15, -0.1) is 0 Å². The molecule has 0 bridgehead atoms. The Morgan fingerprint density at radius 1 is 1.39 bits per heavy atom. The van der Waals surface area contributed by atoms with Crippen molar-refractivity contribution in [2.24, 2.45) is 0 Å². The lowest BCUT2D eigenvalue weighted by molar-refractivity contribution is 0.101. The number of carbonyl (C=O) groups is 1. The molecule has 0 unspecified atom stereocenters. The average molecular weight is 251 g/mol. The van der Waals surface area contributed by atoms with Crippen LogP contribution in [0.2, 0.25) is 0 Å². The van der Waals surface area contributed by atoms with Gasteiger partial charge in [-0.25, -0.2) is 0 Å². The van der Waals surface area contributed by atoms with Crippen LogP contribution in [0.25, 0.3) is 0 Å². The summed E-state index contributed by atoms with van der Waals surface area (Å²) in [5, 5.41) is 0. The van der Waals surface area contributed by atoms with Crippen molar-refractivity contribution in [1.29, 1.82) is 0 Å². The number of methoxy groups -OCH3 is 1. The van der Waals surface area contributed by atoms with Crippen LogP contribution in [0.1, 0.15) is 49.2 Å². The number of carbonyl (C=O) groups excluding carboxylic acids is 1. The fourth-order valence-corrected chi connectivity index (χ4v) is 1.96. The van der Waals surface area contributed by atoms with Gasteiger partial charge < -0.3 is 9.30 Å². The summed E-state index contributed by atoms with van der Waals surface area (Å²) in [5.41, 5.74) is 1.03. The van der Waals surface area contributed by atoms with Crippen LogP contribution >= 0.6 is 0 Å². The van der Waals surface area contributed by atoms with Crippen LogP contribution in [-0.4, -0.2) is 24.1 Å². The molecule has 0 saturated carbocycles. The molecule has 0 saturated heterocycles. The van der Waals surface area contributed by atoms with Crippen LogP contribution in [0, 0.1) is 0 Å². The number of hydrogen-bond donors (Lipinski definition) is 0. The molecule has 0 spiro atoms. The quantitative estimate of drug-likeness (QED) is 0.575. The SMILES string of the molecule is COCCCn1c(C(C)C)ccc(C(C)=O)c1=O. The standard InChI is InChI=1S/C14H21NO3/c1-10(2)13-7-6-12(11(3)16)14(17)15(13)8-5-9-18-4/h6-7,10H,5,8-9H2,1-4H3. The summed E-state index contributed by atoms with van der Waals surface area (Å²) < 4.78 is 6.69. The van der Waals surface area contributed by atoms with Gasteiger partial charge in [-0.3, -0.25) is 9.59 Å². The lowest BCUT2D eigenvalue weighted by Crippen LogP contribution is -2.29. The molecule has 4 nitrogen and oxygen atoms in total. The largest absolute Gasteiger partial charge is 0.385 e. The minimum absolute atomic E-state index is 0.184. The van der Waals surface area contributed by atoms with Crippen LogP contribution in [-0.2, 0) is 11.3 Å². The minimum Gasteiger partial charge on any atom is -0.385 e. The highest BCUT2D eigenvalue weighted by atomic mass is 16.5. The lowest BCUT2D eigenvalue weighted by atomic mass is 10.1. The smallest absolute Gasteiger partial charge is 0.261 e. The first-order valence-corrected chi connectivity index (χ1v) is 6.22. The lowest BCUT2D eigenvalue weighted by Gasteiger charge is -2.16. The molecule has 0 aliphatic rings. The maximum Gasteiger partial charge on any atom is 0.261 e. The molecule has 0 radical (unpaired) electrons. The van der Waals surface area contributed by atoms with Gasteiger partial charge in [0.05, 0.1) is 5.56 Å². The highest BCUT2D eigenvalue weighted by Crippen LogP contribution is 2.13. The van der Waals surface area contributed by atoms with Crippen LogP contribution in [0.15, 0.2) is 16.9 Å². The van der Waals surface area contributed by atoms with E-state index in [4.69, 9.17) is 4.74 Å². The Kier molecular flexibility index (Phi) is 5.28. The summed E-state index contributed by atoms with van der Waals surface area (Å²) in [5.74, 6) is 0.0667. The van der Waals surface area contributed by atoms with Gasteiger partial charge in [0.2, 0.25) is 0 Å². The highest BCUT2D eigenvalue weighted by Gasteiger charge is 2.13. The zero-order valence-corrected chi connectivity index (χ0v) is 11.5. The van der Waals surface area contributed by atoms with Gasteiger partial charge in [0.25, 0.3) is 5.56 Å². The number of Topliss-reactive ketones (excluding diaryl/α,β-unsaturated/α-hetero) is 1. The van der Waals surface area contributed by atoms with Gasteiger partial charge >= 0.3 is 0 Å². The Morgan fingerprint density at radius 2 is 2.06 bits per heavy atom. The molecule has 18 heavy (non-hydrogen) atoms. The molecule has 1 heterocycles. The van der Waals surface area contributed by atoms with Crippen LogP contribution in [0.3, 0.4) is 0 Å². The van der Waals surface area contributed by atoms with Crippen molar-refractivity contribution >= 4 is 5.78 Å². The maximum absolute atomic E-state index is 12.2. The molecule has 100 valence electrons. The number of aromatic nitrogens is 1. The second-order valence-corrected chi connectivity index (χ2v) is 4.69. The number of ketones is 1. The molecule has 1 rings (SSSR count). The monoisotopic (exact) mass is 251 g/mol. The normalized spacial score (nSPS) is 10.9. The number of pyridine rings is 1. The third-order valence-electron chi connectivity index (χ3n) is 2.91. The van der Waals surface area contributed by atoms with E-state index in [-0.39, 0.29) is 22.8 Å². The molecule has 0 aromatic carbocycles. The molecule has 0 aliphatic carbocycles. The first-order valence-electron chi connectivity index (χ1n) is 6.22. The van der Waals surface area contributed by atoms with E-state index in [1.54, 1.807) is 17.7 Å². The van der Waals surface area contributed by atoms with E-state index >= 15 is 0 Å².